The summed E-state index contributed by atoms with van der Waals surface area (Å²) in [6.45, 7) is 1.57. The lowest BCUT2D eigenvalue weighted by Crippen LogP contribution is -2.39. The van der Waals surface area contributed by atoms with E-state index in [1.165, 1.54) is 18.9 Å². The Kier molecular flexibility index (Phi) is 4.18. The first-order chi connectivity index (χ1) is 10.3. The molecule has 1 amide bonds. The van der Waals surface area contributed by atoms with Gasteiger partial charge in [0, 0.05) is 25.1 Å². The van der Waals surface area contributed by atoms with Crippen molar-refractivity contribution in [1.29, 1.82) is 0 Å². The van der Waals surface area contributed by atoms with Crippen LogP contribution in [0.2, 0.25) is 0 Å². The van der Waals surface area contributed by atoms with E-state index in [1.807, 2.05) is 4.90 Å². The summed E-state index contributed by atoms with van der Waals surface area (Å²) in [6, 6.07) is 6.44. The van der Waals surface area contributed by atoms with Crippen LogP contribution < -0.4 is 0 Å². The number of halogens is 1. The van der Waals surface area contributed by atoms with Crippen molar-refractivity contribution in [2.75, 3.05) is 13.1 Å². The van der Waals surface area contributed by atoms with Crippen molar-refractivity contribution in [2.24, 2.45) is 5.16 Å². The normalized spacial score (nSPS) is 22.4. The van der Waals surface area contributed by atoms with E-state index in [0.29, 0.717) is 17.7 Å². The molecule has 0 aliphatic carbocycles. The van der Waals surface area contributed by atoms with Gasteiger partial charge in [-0.3, -0.25) is 4.79 Å². The van der Waals surface area contributed by atoms with Crippen molar-refractivity contribution in [3.63, 3.8) is 0 Å². The number of benzene rings is 1. The van der Waals surface area contributed by atoms with Crippen molar-refractivity contribution in [3.05, 3.63) is 35.6 Å². The molecule has 1 atom stereocenters. The van der Waals surface area contributed by atoms with Crippen molar-refractivity contribution in [3.8, 4) is 0 Å². The minimum atomic E-state index is -0.599. The van der Waals surface area contributed by atoms with Crippen LogP contribution in [0.3, 0.4) is 0 Å². The molecule has 0 N–H and O–H groups in total. The fourth-order valence-electron chi connectivity index (χ4n) is 2.86. The Hall–Kier alpha value is -1.91. The largest absolute Gasteiger partial charge is 0.382 e. The predicted octanol–water partition coefficient (Wildman–Crippen LogP) is 2.72. The van der Waals surface area contributed by atoms with Gasteiger partial charge < -0.3 is 9.74 Å². The molecule has 0 spiro atoms. The second-order valence-corrected chi connectivity index (χ2v) is 5.56. The third-order valence-corrected chi connectivity index (χ3v) is 4.05. The minimum absolute atomic E-state index is 0.0213. The molecule has 4 nitrogen and oxygen atoms in total. The topological polar surface area (TPSA) is 41.9 Å². The van der Waals surface area contributed by atoms with Gasteiger partial charge in [-0.2, -0.15) is 0 Å². The van der Waals surface area contributed by atoms with E-state index in [-0.39, 0.29) is 11.7 Å². The lowest BCUT2D eigenvalue weighted by molar-refractivity contribution is -0.142. The molecule has 0 aromatic heterocycles. The zero-order chi connectivity index (χ0) is 14.7. The zero-order valence-electron chi connectivity index (χ0n) is 11.9. The van der Waals surface area contributed by atoms with Crippen molar-refractivity contribution >= 4 is 11.6 Å². The predicted molar refractivity (Wildman–Crippen MR) is 77.5 cm³/mol. The fraction of sp³-hybridized carbons (Fsp3) is 0.500. The van der Waals surface area contributed by atoms with Crippen LogP contribution in [0, 0.1) is 5.82 Å². The smallest absolute Gasteiger partial charge is 0.266 e. The van der Waals surface area contributed by atoms with E-state index in [0.717, 1.165) is 25.9 Å². The lowest BCUT2D eigenvalue weighted by Gasteiger charge is -2.22. The molecule has 0 unspecified atom stereocenters. The minimum Gasteiger partial charge on any atom is -0.382 e. The highest BCUT2D eigenvalue weighted by Crippen LogP contribution is 2.21. The van der Waals surface area contributed by atoms with Gasteiger partial charge in [0.15, 0.2) is 0 Å². The summed E-state index contributed by atoms with van der Waals surface area (Å²) in [5.74, 6) is -0.352. The second kappa shape index (κ2) is 6.24. The van der Waals surface area contributed by atoms with Crippen LogP contribution in [0.25, 0.3) is 0 Å². The first kappa shape index (κ1) is 14.0. The zero-order valence-corrected chi connectivity index (χ0v) is 11.9. The van der Waals surface area contributed by atoms with Crippen LogP contribution in [0.5, 0.6) is 0 Å². The van der Waals surface area contributed by atoms with Crippen LogP contribution in [0.15, 0.2) is 29.4 Å². The molecule has 1 aromatic rings. The average Bonchev–Trinajstić information content (AvgIpc) is 2.82. The second-order valence-electron chi connectivity index (χ2n) is 5.56. The molecule has 2 aliphatic heterocycles. The Bertz CT molecular complexity index is 551. The van der Waals surface area contributed by atoms with Crippen molar-refractivity contribution < 1.29 is 14.0 Å². The quantitative estimate of drug-likeness (QED) is 0.840. The number of oxime groups is 1. The molecule has 0 radical (unpaired) electrons. The van der Waals surface area contributed by atoms with E-state index in [9.17, 15) is 9.18 Å². The SMILES string of the molecule is O=C([C@@H]1CC(c2ccccc2F)=NO1)N1CCCCCC1. The summed E-state index contributed by atoms with van der Waals surface area (Å²) in [5.41, 5.74) is 0.935. The maximum atomic E-state index is 13.7. The van der Waals surface area contributed by atoms with Crippen molar-refractivity contribution in [2.45, 2.75) is 38.2 Å². The Morgan fingerprint density at radius 1 is 1.19 bits per heavy atom. The van der Waals surface area contributed by atoms with Crippen molar-refractivity contribution in [1.82, 2.24) is 4.90 Å². The van der Waals surface area contributed by atoms with Crippen LogP contribution >= 0.6 is 0 Å². The number of rotatable bonds is 2. The molecule has 2 heterocycles. The maximum Gasteiger partial charge on any atom is 0.266 e. The molecule has 2 aliphatic rings. The summed E-state index contributed by atoms with van der Waals surface area (Å²) in [6.07, 6.45) is 4.17. The van der Waals surface area contributed by atoms with Gasteiger partial charge in [0.1, 0.15) is 5.82 Å². The Morgan fingerprint density at radius 2 is 1.90 bits per heavy atom. The number of hydrogen-bond donors (Lipinski definition) is 0. The first-order valence-electron chi connectivity index (χ1n) is 7.52. The summed E-state index contributed by atoms with van der Waals surface area (Å²) in [5, 5.41) is 3.92. The van der Waals surface area contributed by atoms with Crippen LogP contribution in [-0.4, -0.2) is 35.7 Å². The number of amides is 1. The lowest BCUT2D eigenvalue weighted by atomic mass is 10.0. The van der Waals surface area contributed by atoms with Gasteiger partial charge in [0.25, 0.3) is 5.91 Å². The van der Waals surface area contributed by atoms with E-state index in [2.05, 4.69) is 5.16 Å². The van der Waals surface area contributed by atoms with E-state index in [4.69, 9.17) is 4.84 Å². The van der Waals surface area contributed by atoms with Gasteiger partial charge in [-0.15, -0.1) is 0 Å². The molecule has 5 heteroatoms. The van der Waals surface area contributed by atoms with E-state index < -0.39 is 6.10 Å². The van der Waals surface area contributed by atoms with Gasteiger partial charge in [-0.1, -0.05) is 36.2 Å². The number of nitrogens with zero attached hydrogens (tertiary/aromatic N) is 2. The van der Waals surface area contributed by atoms with E-state index in [1.54, 1.807) is 18.2 Å². The molecule has 1 saturated heterocycles. The first-order valence-corrected chi connectivity index (χ1v) is 7.52. The average molecular weight is 290 g/mol. The van der Waals surface area contributed by atoms with Crippen LogP contribution in [0.1, 0.15) is 37.7 Å². The molecular formula is C16H19FN2O2. The summed E-state index contributed by atoms with van der Waals surface area (Å²) < 4.78 is 13.7. The summed E-state index contributed by atoms with van der Waals surface area (Å²) in [7, 11) is 0. The number of carbonyl (C=O) groups is 1. The third kappa shape index (κ3) is 3.06. The van der Waals surface area contributed by atoms with Gasteiger partial charge in [0.2, 0.25) is 6.10 Å². The molecule has 1 aromatic carbocycles. The molecule has 0 bridgehead atoms. The maximum absolute atomic E-state index is 13.7. The number of hydrogen-bond acceptors (Lipinski definition) is 3. The van der Waals surface area contributed by atoms with Gasteiger partial charge in [0.05, 0.1) is 5.71 Å². The number of carbonyl (C=O) groups excluding carboxylic acids is 1. The monoisotopic (exact) mass is 290 g/mol. The molecule has 21 heavy (non-hydrogen) atoms. The van der Waals surface area contributed by atoms with Crippen LogP contribution in [0.4, 0.5) is 4.39 Å². The van der Waals surface area contributed by atoms with Gasteiger partial charge in [-0.05, 0) is 18.9 Å². The van der Waals surface area contributed by atoms with Crippen LogP contribution in [-0.2, 0) is 9.63 Å². The highest BCUT2D eigenvalue weighted by Gasteiger charge is 2.33. The Balaban J connectivity index is 1.65. The number of likely N-dealkylation sites (tertiary alicyclic amines) is 1. The molecule has 1 fully saturated rings. The standard InChI is InChI=1S/C16H19FN2O2/c17-13-8-4-3-7-12(13)14-11-15(21-18-14)16(20)19-9-5-1-2-6-10-19/h3-4,7-8,15H,1-2,5-6,9-11H2/t15-/m0/s1. The van der Waals surface area contributed by atoms with Gasteiger partial charge in [-0.25, -0.2) is 4.39 Å². The highest BCUT2D eigenvalue weighted by molar-refractivity contribution is 6.04. The fourth-order valence-corrected chi connectivity index (χ4v) is 2.86. The third-order valence-electron chi connectivity index (χ3n) is 4.05. The molecule has 3 rings (SSSR count). The van der Waals surface area contributed by atoms with E-state index >= 15 is 0 Å². The summed E-state index contributed by atoms with van der Waals surface area (Å²) >= 11 is 0. The van der Waals surface area contributed by atoms with Gasteiger partial charge >= 0.3 is 0 Å². The molecule has 112 valence electrons. The molecule has 0 saturated carbocycles. The highest BCUT2D eigenvalue weighted by atomic mass is 19.1. The molecular weight excluding hydrogens is 271 g/mol. The Labute approximate surface area is 123 Å². The Morgan fingerprint density at radius 3 is 2.62 bits per heavy atom. The summed E-state index contributed by atoms with van der Waals surface area (Å²) in [4.78, 5) is 19.6.